The van der Waals surface area contributed by atoms with Gasteiger partial charge in [0.15, 0.2) is 11.5 Å². The fourth-order valence-electron chi connectivity index (χ4n) is 3.02. The second kappa shape index (κ2) is 3.87. The maximum Gasteiger partial charge on any atom is 0.161 e. The van der Waals surface area contributed by atoms with Crippen molar-refractivity contribution in [1.29, 1.82) is 0 Å². The number of hydrogen-bond donors (Lipinski definition) is 2. The number of rotatable bonds is 3. The zero-order valence-corrected chi connectivity index (χ0v) is 10.6. The molecular formula is C14H19NO3. The van der Waals surface area contributed by atoms with Gasteiger partial charge in [0.1, 0.15) is 13.2 Å². The van der Waals surface area contributed by atoms with Gasteiger partial charge in [-0.3, -0.25) is 0 Å². The molecule has 3 N–H and O–H groups in total. The van der Waals surface area contributed by atoms with E-state index >= 15 is 0 Å². The summed E-state index contributed by atoms with van der Waals surface area (Å²) in [5.74, 6) is 1.60. The van der Waals surface area contributed by atoms with Crippen LogP contribution in [0.25, 0.3) is 0 Å². The van der Waals surface area contributed by atoms with Crippen molar-refractivity contribution in [1.82, 2.24) is 0 Å². The largest absolute Gasteiger partial charge is 0.486 e. The highest BCUT2D eigenvalue weighted by Gasteiger charge is 2.63. The van der Waals surface area contributed by atoms with E-state index in [0.717, 1.165) is 17.9 Å². The fraction of sp³-hybridized carbons (Fsp3) is 0.571. The smallest absolute Gasteiger partial charge is 0.161 e. The highest BCUT2D eigenvalue weighted by Crippen LogP contribution is 2.64. The summed E-state index contributed by atoms with van der Waals surface area (Å²) in [4.78, 5) is 0. The number of fused-ring (bicyclic) bond motifs is 1. The Hall–Kier alpha value is -1.26. The zero-order valence-electron chi connectivity index (χ0n) is 10.6. The van der Waals surface area contributed by atoms with E-state index in [-0.39, 0.29) is 17.4 Å². The highest BCUT2D eigenvalue weighted by atomic mass is 16.6. The Bertz CT molecular complexity index is 470. The molecule has 98 valence electrons. The lowest BCUT2D eigenvalue weighted by atomic mass is 9.88. The van der Waals surface area contributed by atoms with Gasteiger partial charge in [0.25, 0.3) is 0 Å². The van der Waals surface area contributed by atoms with Crippen LogP contribution in [-0.4, -0.2) is 31.5 Å². The Morgan fingerprint density at radius 1 is 1.28 bits per heavy atom. The van der Waals surface area contributed by atoms with Crippen LogP contribution in [-0.2, 0) is 5.41 Å². The van der Waals surface area contributed by atoms with Gasteiger partial charge < -0.3 is 20.3 Å². The maximum atomic E-state index is 9.56. The number of benzene rings is 1. The minimum atomic E-state index is -0.170. The van der Waals surface area contributed by atoms with E-state index in [2.05, 4.69) is 13.0 Å². The molecule has 1 aromatic rings. The van der Waals surface area contributed by atoms with E-state index in [1.54, 1.807) is 0 Å². The fourth-order valence-corrected chi connectivity index (χ4v) is 3.02. The van der Waals surface area contributed by atoms with Crippen LogP contribution in [0, 0.1) is 5.41 Å². The predicted molar refractivity (Wildman–Crippen MR) is 68.0 cm³/mol. The maximum absolute atomic E-state index is 9.56. The summed E-state index contributed by atoms with van der Waals surface area (Å²) in [6.45, 7) is 3.99. The standard InChI is InChI=1S/C14H19NO3/c1-13(7-14(13,8-15)9-16)10-2-3-11-12(6-10)18-5-4-17-11/h2-3,6,16H,4-5,7-9,15H2,1H3. The molecular weight excluding hydrogens is 230 g/mol. The monoisotopic (exact) mass is 249 g/mol. The van der Waals surface area contributed by atoms with Crippen LogP contribution < -0.4 is 15.2 Å². The molecule has 0 amide bonds. The van der Waals surface area contributed by atoms with Gasteiger partial charge in [-0.2, -0.15) is 0 Å². The zero-order chi connectivity index (χ0) is 12.8. The average molecular weight is 249 g/mol. The summed E-state index contributed by atoms with van der Waals surface area (Å²) in [5, 5.41) is 9.56. The van der Waals surface area contributed by atoms with Crippen molar-refractivity contribution in [2.24, 2.45) is 11.1 Å². The van der Waals surface area contributed by atoms with Crippen LogP contribution in [0.1, 0.15) is 18.9 Å². The molecule has 18 heavy (non-hydrogen) atoms. The molecule has 3 rings (SSSR count). The molecule has 2 unspecified atom stereocenters. The summed E-state index contributed by atoms with van der Waals surface area (Å²) in [6.07, 6.45) is 0.923. The van der Waals surface area contributed by atoms with Crippen molar-refractivity contribution in [3.63, 3.8) is 0 Å². The lowest BCUT2D eigenvalue weighted by Crippen LogP contribution is -2.28. The summed E-state index contributed by atoms with van der Waals surface area (Å²) in [5.41, 5.74) is 6.77. The number of ether oxygens (including phenoxy) is 2. The third kappa shape index (κ3) is 1.45. The molecule has 0 bridgehead atoms. The van der Waals surface area contributed by atoms with Crippen LogP contribution in [0.5, 0.6) is 11.5 Å². The average Bonchev–Trinajstić information content (AvgIpc) is 3.06. The minimum absolute atomic E-state index is 0.0493. The molecule has 2 atom stereocenters. The van der Waals surface area contributed by atoms with Crippen LogP contribution in [0.3, 0.4) is 0 Å². The molecule has 1 heterocycles. The van der Waals surface area contributed by atoms with Crippen molar-refractivity contribution >= 4 is 0 Å². The van der Waals surface area contributed by atoms with E-state index in [9.17, 15) is 5.11 Å². The van der Waals surface area contributed by atoms with Crippen molar-refractivity contribution in [2.75, 3.05) is 26.4 Å². The lowest BCUT2D eigenvalue weighted by molar-refractivity contribution is 0.170. The molecule has 4 nitrogen and oxygen atoms in total. The van der Waals surface area contributed by atoms with Crippen LogP contribution in [0.2, 0.25) is 0 Å². The topological polar surface area (TPSA) is 64.7 Å². The molecule has 0 saturated heterocycles. The second-order valence-corrected chi connectivity index (χ2v) is 5.51. The van der Waals surface area contributed by atoms with E-state index in [1.165, 1.54) is 5.56 Å². The van der Waals surface area contributed by atoms with Gasteiger partial charge in [-0.05, 0) is 24.1 Å². The van der Waals surface area contributed by atoms with E-state index in [1.807, 2.05) is 12.1 Å². The Morgan fingerprint density at radius 2 is 2.00 bits per heavy atom. The first-order valence-electron chi connectivity index (χ1n) is 6.36. The molecule has 2 aliphatic rings. The second-order valence-electron chi connectivity index (χ2n) is 5.51. The number of aliphatic hydroxyl groups excluding tert-OH is 1. The van der Waals surface area contributed by atoms with Gasteiger partial charge in [0.05, 0.1) is 6.61 Å². The Kier molecular flexibility index (Phi) is 2.54. The summed E-state index contributed by atoms with van der Waals surface area (Å²) < 4.78 is 11.1. The molecule has 1 aliphatic heterocycles. The van der Waals surface area contributed by atoms with Crippen molar-refractivity contribution in [3.8, 4) is 11.5 Å². The van der Waals surface area contributed by atoms with Crippen LogP contribution >= 0.6 is 0 Å². The Labute approximate surface area is 107 Å². The van der Waals surface area contributed by atoms with Gasteiger partial charge in [-0.1, -0.05) is 13.0 Å². The van der Waals surface area contributed by atoms with Gasteiger partial charge in [-0.15, -0.1) is 0 Å². The third-order valence-electron chi connectivity index (χ3n) is 4.61. The molecule has 0 aromatic heterocycles. The molecule has 1 aromatic carbocycles. The van der Waals surface area contributed by atoms with E-state index < -0.39 is 0 Å². The van der Waals surface area contributed by atoms with Crippen LogP contribution in [0.4, 0.5) is 0 Å². The van der Waals surface area contributed by atoms with Crippen LogP contribution in [0.15, 0.2) is 18.2 Å². The van der Waals surface area contributed by atoms with Crippen molar-refractivity contribution < 1.29 is 14.6 Å². The van der Waals surface area contributed by atoms with Crippen molar-refractivity contribution in [3.05, 3.63) is 23.8 Å². The van der Waals surface area contributed by atoms with Gasteiger partial charge in [0.2, 0.25) is 0 Å². The Balaban J connectivity index is 1.94. The molecule has 1 fully saturated rings. The minimum Gasteiger partial charge on any atom is -0.486 e. The van der Waals surface area contributed by atoms with Gasteiger partial charge >= 0.3 is 0 Å². The molecule has 1 saturated carbocycles. The number of nitrogens with two attached hydrogens (primary N) is 1. The number of hydrogen-bond acceptors (Lipinski definition) is 4. The first-order chi connectivity index (χ1) is 8.65. The Morgan fingerprint density at radius 3 is 2.61 bits per heavy atom. The third-order valence-corrected chi connectivity index (χ3v) is 4.61. The van der Waals surface area contributed by atoms with Gasteiger partial charge in [0, 0.05) is 17.4 Å². The lowest BCUT2D eigenvalue weighted by Gasteiger charge is -2.23. The molecule has 0 spiro atoms. The highest BCUT2D eigenvalue weighted by molar-refractivity contribution is 5.49. The summed E-state index contributed by atoms with van der Waals surface area (Å²) in [7, 11) is 0. The van der Waals surface area contributed by atoms with E-state index in [0.29, 0.717) is 19.8 Å². The summed E-state index contributed by atoms with van der Waals surface area (Å²) in [6, 6.07) is 6.04. The SMILES string of the molecule is CC1(c2ccc3c(c2)OCCO3)CC1(CN)CO. The molecule has 1 aliphatic carbocycles. The normalized spacial score (nSPS) is 33.3. The number of aliphatic hydroxyl groups is 1. The first-order valence-corrected chi connectivity index (χ1v) is 6.36. The quantitative estimate of drug-likeness (QED) is 0.840. The summed E-state index contributed by atoms with van der Waals surface area (Å²) >= 11 is 0. The predicted octanol–water partition coefficient (Wildman–Crippen LogP) is 1.06. The van der Waals surface area contributed by atoms with E-state index in [4.69, 9.17) is 15.2 Å². The first kappa shape index (κ1) is 11.8. The van der Waals surface area contributed by atoms with Gasteiger partial charge in [-0.25, -0.2) is 0 Å². The molecule has 4 heteroatoms. The van der Waals surface area contributed by atoms with Crippen molar-refractivity contribution in [2.45, 2.75) is 18.8 Å². The molecule has 0 radical (unpaired) electrons.